The lowest BCUT2D eigenvalue weighted by Crippen LogP contribution is -2.08. The van der Waals surface area contributed by atoms with Crippen molar-refractivity contribution in [3.8, 4) is 5.75 Å². The molecule has 2 heterocycles. The average molecular weight is 383 g/mol. The number of cyclic esters (lactones) is 1. The van der Waals surface area contributed by atoms with E-state index >= 15 is 0 Å². The van der Waals surface area contributed by atoms with Gasteiger partial charge in [-0.15, -0.1) is 0 Å². The lowest BCUT2D eigenvalue weighted by atomic mass is 10.1. The second-order valence-corrected chi connectivity index (χ2v) is 6.21. The molecule has 0 bridgehead atoms. The fourth-order valence-electron chi connectivity index (χ4n) is 2.71. The molecule has 2 aromatic carbocycles. The summed E-state index contributed by atoms with van der Waals surface area (Å²) in [6, 6.07) is 11.6. The molecule has 2 aliphatic rings. The molecule has 27 heavy (non-hydrogen) atoms. The first-order valence-electron chi connectivity index (χ1n) is 7.90. The van der Waals surface area contributed by atoms with Crippen molar-refractivity contribution in [2.45, 2.75) is 0 Å². The number of fused-ring (bicyclic) bond motifs is 1. The Morgan fingerprint density at radius 1 is 1.22 bits per heavy atom. The number of benzene rings is 2. The van der Waals surface area contributed by atoms with Gasteiger partial charge in [-0.1, -0.05) is 29.8 Å². The van der Waals surface area contributed by atoms with Crippen LogP contribution in [0, 0.1) is 10.1 Å². The summed E-state index contributed by atoms with van der Waals surface area (Å²) in [4.78, 5) is 26.7. The number of hydrogen-bond acceptors (Lipinski definition) is 6. The number of nitro benzene ring substituents is 1. The molecule has 0 saturated heterocycles. The van der Waals surface area contributed by atoms with E-state index in [1.165, 1.54) is 18.2 Å². The van der Waals surface area contributed by atoms with Crippen molar-refractivity contribution < 1.29 is 19.2 Å². The summed E-state index contributed by atoms with van der Waals surface area (Å²) in [5.74, 6) is 0.123. The summed E-state index contributed by atoms with van der Waals surface area (Å²) in [5.41, 5.74) is 1.76. The maximum Gasteiger partial charge on any atom is 0.363 e. The quantitative estimate of drug-likeness (QED) is 0.347. The number of nitrogens with zero attached hydrogens (tertiary/aromatic N) is 2. The Hall–Kier alpha value is -3.45. The molecule has 0 atom stereocenters. The zero-order chi connectivity index (χ0) is 19.0. The Morgan fingerprint density at radius 2 is 2.04 bits per heavy atom. The molecular weight excluding hydrogens is 372 g/mol. The molecule has 0 aliphatic carbocycles. The Kier molecular flexibility index (Phi) is 4.21. The van der Waals surface area contributed by atoms with Gasteiger partial charge in [-0.05, 0) is 35.9 Å². The number of carbonyl (C=O) groups is 1. The monoisotopic (exact) mass is 382 g/mol. The first kappa shape index (κ1) is 17.0. The minimum absolute atomic E-state index is 0.00684. The highest BCUT2D eigenvalue weighted by Crippen LogP contribution is 2.29. The van der Waals surface area contributed by atoms with Crippen molar-refractivity contribution in [3.05, 3.63) is 86.1 Å². The predicted octanol–water partition coefficient (Wildman–Crippen LogP) is 3.91. The molecule has 0 saturated carbocycles. The summed E-state index contributed by atoms with van der Waals surface area (Å²) in [6.07, 6.45) is 3.48. The fourth-order valence-corrected chi connectivity index (χ4v) is 2.90. The number of aliphatic imine (C=N–C) groups is 1. The molecule has 2 aromatic rings. The van der Waals surface area contributed by atoms with Crippen LogP contribution in [0.1, 0.15) is 11.1 Å². The third-order valence-corrected chi connectivity index (χ3v) is 4.31. The molecule has 0 aromatic heterocycles. The van der Waals surface area contributed by atoms with E-state index in [0.29, 0.717) is 12.2 Å². The summed E-state index contributed by atoms with van der Waals surface area (Å²) >= 11 is 5.80. The summed E-state index contributed by atoms with van der Waals surface area (Å²) < 4.78 is 10.8. The van der Waals surface area contributed by atoms with Gasteiger partial charge in [0.1, 0.15) is 17.4 Å². The number of halogens is 1. The van der Waals surface area contributed by atoms with E-state index in [4.69, 9.17) is 21.1 Å². The van der Waals surface area contributed by atoms with E-state index in [1.807, 2.05) is 30.3 Å². The summed E-state index contributed by atoms with van der Waals surface area (Å²) in [7, 11) is 0. The molecule has 4 rings (SSSR count). The van der Waals surface area contributed by atoms with Crippen LogP contribution >= 0.6 is 11.6 Å². The lowest BCUT2D eigenvalue weighted by molar-refractivity contribution is -0.384. The molecule has 0 fully saturated rings. The third-order valence-electron chi connectivity index (χ3n) is 3.99. The molecule has 0 N–H and O–H groups in total. The number of para-hydroxylation sites is 1. The maximum absolute atomic E-state index is 12.1. The SMILES string of the molecule is O=C1OC(c2ccc(Cl)c([N+](=O)[O-])c2)=N/C1=C/C1=Cc2ccccc2OC1. The van der Waals surface area contributed by atoms with Gasteiger partial charge in [0.15, 0.2) is 5.70 Å². The van der Waals surface area contributed by atoms with Gasteiger partial charge in [0.25, 0.3) is 5.69 Å². The predicted molar refractivity (Wildman–Crippen MR) is 98.7 cm³/mol. The van der Waals surface area contributed by atoms with Gasteiger partial charge in [-0.25, -0.2) is 9.79 Å². The third kappa shape index (κ3) is 3.32. The van der Waals surface area contributed by atoms with E-state index < -0.39 is 10.9 Å². The van der Waals surface area contributed by atoms with Gasteiger partial charge in [0.2, 0.25) is 5.90 Å². The van der Waals surface area contributed by atoms with Crippen LogP contribution < -0.4 is 4.74 Å². The van der Waals surface area contributed by atoms with Crippen LogP contribution in [0.4, 0.5) is 5.69 Å². The van der Waals surface area contributed by atoms with Gasteiger partial charge < -0.3 is 9.47 Å². The minimum Gasteiger partial charge on any atom is -0.488 e. The normalized spacial score (nSPS) is 16.9. The van der Waals surface area contributed by atoms with Crippen LogP contribution in [-0.2, 0) is 9.53 Å². The first-order chi connectivity index (χ1) is 13.0. The van der Waals surface area contributed by atoms with Gasteiger partial charge in [-0.3, -0.25) is 10.1 Å². The molecule has 0 spiro atoms. The highest BCUT2D eigenvalue weighted by molar-refractivity contribution is 6.32. The van der Waals surface area contributed by atoms with Gasteiger partial charge >= 0.3 is 5.97 Å². The smallest absolute Gasteiger partial charge is 0.363 e. The Morgan fingerprint density at radius 3 is 2.85 bits per heavy atom. The first-order valence-corrected chi connectivity index (χ1v) is 8.28. The van der Waals surface area contributed by atoms with Crippen LogP contribution in [0.3, 0.4) is 0 Å². The van der Waals surface area contributed by atoms with Crippen molar-refractivity contribution >= 4 is 35.2 Å². The van der Waals surface area contributed by atoms with E-state index in [-0.39, 0.29) is 22.3 Å². The average Bonchev–Trinajstić information content (AvgIpc) is 3.02. The zero-order valence-electron chi connectivity index (χ0n) is 13.7. The van der Waals surface area contributed by atoms with Crippen molar-refractivity contribution in [2.24, 2.45) is 4.99 Å². The lowest BCUT2D eigenvalue weighted by Gasteiger charge is -2.15. The van der Waals surface area contributed by atoms with Gasteiger partial charge in [0.05, 0.1) is 4.92 Å². The standard InChI is InChI=1S/C19H11ClN2O5/c20-14-6-5-13(9-16(14)22(24)25)18-21-15(19(23)27-18)8-11-7-12-3-1-2-4-17(12)26-10-11/h1-9H,10H2/b15-8+. The van der Waals surface area contributed by atoms with Crippen LogP contribution in [0.5, 0.6) is 5.75 Å². The van der Waals surface area contributed by atoms with Gasteiger partial charge in [0, 0.05) is 17.2 Å². The van der Waals surface area contributed by atoms with Crippen molar-refractivity contribution in [2.75, 3.05) is 6.61 Å². The van der Waals surface area contributed by atoms with Crippen LogP contribution in [0.2, 0.25) is 5.02 Å². The molecule has 0 radical (unpaired) electrons. The second-order valence-electron chi connectivity index (χ2n) is 5.81. The molecule has 8 heteroatoms. The molecule has 0 unspecified atom stereocenters. The van der Waals surface area contributed by atoms with Crippen LogP contribution in [-0.4, -0.2) is 23.4 Å². The van der Waals surface area contributed by atoms with Gasteiger partial charge in [-0.2, -0.15) is 0 Å². The molecule has 7 nitrogen and oxygen atoms in total. The Labute approximate surface area is 158 Å². The molecule has 0 amide bonds. The molecular formula is C19H11ClN2O5. The number of carbonyl (C=O) groups excluding carboxylic acids is 1. The van der Waals surface area contributed by atoms with Crippen LogP contribution in [0.15, 0.2) is 64.8 Å². The number of nitro groups is 1. The highest BCUT2D eigenvalue weighted by atomic mass is 35.5. The molecule has 2 aliphatic heterocycles. The second kappa shape index (κ2) is 6.69. The van der Waals surface area contributed by atoms with Crippen LogP contribution in [0.25, 0.3) is 6.08 Å². The van der Waals surface area contributed by atoms with E-state index in [9.17, 15) is 14.9 Å². The largest absolute Gasteiger partial charge is 0.488 e. The van der Waals surface area contributed by atoms with E-state index in [0.717, 1.165) is 16.9 Å². The van der Waals surface area contributed by atoms with E-state index in [1.54, 1.807) is 6.08 Å². The minimum atomic E-state index is -0.637. The molecule has 134 valence electrons. The number of rotatable bonds is 3. The summed E-state index contributed by atoms with van der Waals surface area (Å²) in [5, 5.41) is 11.0. The Bertz CT molecular complexity index is 1070. The Balaban J connectivity index is 1.66. The number of ether oxygens (including phenoxy) is 2. The maximum atomic E-state index is 12.1. The number of hydrogen-bond donors (Lipinski definition) is 0. The highest BCUT2D eigenvalue weighted by Gasteiger charge is 2.26. The van der Waals surface area contributed by atoms with E-state index in [2.05, 4.69) is 4.99 Å². The van der Waals surface area contributed by atoms with Crippen molar-refractivity contribution in [1.82, 2.24) is 0 Å². The fraction of sp³-hybridized carbons (Fsp3) is 0.0526. The van der Waals surface area contributed by atoms with Crippen molar-refractivity contribution in [3.63, 3.8) is 0 Å². The van der Waals surface area contributed by atoms with Crippen molar-refractivity contribution in [1.29, 1.82) is 0 Å². The summed E-state index contributed by atoms with van der Waals surface area (Å²) in [6.45, 7) is 0.297. The topological polar surface area (TPSA) is 91.0 Å². The zero-order valence-corrected chi connectivity index (χ0v) is 14.5. The number of esters is 1.